The highest BCUT2D eigenvalue weighted by atomic mass is 31.2. The molecule has 8 nitrogen and oxygen atoms in total. The molecule has 0 rings (SSSR count). The lowest BCUT2D eigenvalue weighted by Crippen LogP contribution is -2.45. The van der Waals surface area contributed by atoms with Crippen LogP contribution in [0.5, 0.6) is 0 Å². The number of carbonyl (C=O) groups is 1. The van der Waals surface area contributed by atoms with Crippen molar-refractivity contribution in [1.29, 1.82) is 0 Å². The van der Waals surface area contributed by atoms with Gasteiger partial charge in [-0.2, -0.15) is 0 Å². The Morgan fingerprint density at radius 3 is 1.36 bits per heavy atom. The fourth-order valence-electron chi connectivity index (χ4n) is 7.20. The summed E-state index contributed by atoms with van der Waals surface area (Å²) in [6, 6.07) is -0.875. The van der Waals surface area contributed by atoms with Gasteiger partial charge in [0.2, 0.25) is 5.91 Å². The summed E-state index contributed by atoms with van der Waals surface area (Å²) in [6.07, 6.45) is 62.7. The minimum absolute atomic E-state index is 0.0498. The number of aliphatic hydroxyl groups excluding tert-OH is 1. The molecule has 0 aromatic carbocycles. The zero-order valence-electron chi connectivity index (χ0n) is 42.3. The standard InChI is InChI=1S/C55H101N2O6P/c1-6-8-10-12-14-16-18-20-22-24-25-26-27-28-29-30-31-33-35-37-39-41-43-45-47-49-55(59)56-53(52-63-64(60,61)62-51-50-57(3,4)5)54(58)48-46-44-42-40-38-36-34-32-23-21-19-17-15-13-11-9-7-2/h18,20,23-25,27-28,32,38,40,46,48,53-54,58H,6-17,19,21-22,26,29-31,33-37,39,41-45,47,49-52H2,1-5H3,(H-,56,59,60,61)/p+1/b20-18-,25-24-,28-27-,32-23+,40-38+,48-46+. The minimum atomic E-state index is -4.36. The third-order valence-electron chi connectivity index (χ3n) is 11.4. The molecule has 0 saturated heterocycles. The maximum absolute atomic E-state index is 12.9. The number of phosphoric acid groups is 1. The third-order valence-corrected chi connectivity index (χ3v) is 12.4. The number of amides is 1. The Bertz CT molecular complexity index is 1270. The molecule has 0 aliphatic carbocycles. The average Bonchev–Trinajstić information content (AvgIpc) is 3.25. The van der Waals surface area contributed by atoms with E-state index in [4.69, 9.17) is 9.05 Å². The molecule has 0 fully saturated rings. The van der Waals surface area contributed by atoms with Crippen LogP contribution in [0, 0.1) is 0 Å². The zero-order chi connectivity index (χ0) is 47.1. The molecule has 0 heterocycles. The second-order valence-corrected chi connectivity index (χ2v) is 20.3. The summed E-state index contributed by atoms with van der Waals surface area (Å²) in [7, 11) is 1.54. The molecule has 3 atom stereocenters. The fourth-order valence-corrected chi connectivity index (χ4v) is 7.93. The first-order valence-electron chi connectivity index (χ1n) is 26.3. The van der Waals surface area contributed by atoms with E-state index in [1.165, 1.54) is 141 Å². The van der Waals surface area contributed by atoms with Gasteiger partial charge in [-0.05, 0) is 83.5 Å². The monoisotopic (exact) mass is 918 g/mol. The van der Waals surface area contributed by atoms with Crippen LogP contribution >= 0.6 is 7.82 Å². The van der Waals surface area contributed by atoms with Gasteiger partial charge in [-0.1, -0.05) is 202 Å². The van der Waals surface area contributed by atoms with Crippen LogP contribution in [0.25, 0.3) is 0 Å². The molecule has 0 spiro atoms. The van der Waals surface area contributed by atoms with E-state index < -0.39 is 20.0 Å². The lowest BCUT2D eigenvalue weighted by Gasteiger charge is -2.25. The lowest BCUT2D eigenvalue weighted by atomic mass is 10.0. The van der Waals surface area contributed by atoms with Gasteiger partial charge < -0.3 is 19.8 Å². The Kier molecular flexibility index (Phi) is 44.6. The maximum atomic E-state index is 12.9. The van der Waals surface area contributed by atoms with E-state index in [2.05, 4.69) is 79.9 Å². The van der Waals surface area contributed by atoms with Crippen molar-refractivity contribution in [2.75, 3.05) is 40.9 Å². The van der Waals surface area contributed by atoms with Crippen LogP contribution in [0.3, 0.4) is 0 Å². The highest BCUT2D eigenvalue weighted by molar-refractivity contribution is 7.47. The molecule has 0 radical (unpaired) electrons. The van der Waals surface area contributed by atoms with Gasteiger partial charge >= 0.3 is 7.82 Å². The molecule has 0 aromatic rings. The summed E-state index contributed by atoms with van der Waals surface area (Å²) in [5.74, 6) is -0.197. The molecule has 1 amide bonds. The largest absolute Gasteiger partial charge is 0.472 e. The molecule has 9 heteroatoms. The number of allylic oxidation sites excluding steroid dienone is 11. The van der Waals surface area contributed by atoms with Crippen LogP contribution in [0.15, 0.2) is 72.9 Å². The number of nitrogens with one attached hydrogen (secondary N) is 1. The predicted octanol–water partition coefficient (Wildman–Crippen LogP) is 15.5. The normalized spacial score (nSPS) is 14.7. The van der Waals surface area contributed by atoms with Crippen molar-refractivity contribution in [3.63, 3.8) is 0 Å². The highest BCUT2D eigenvalue weighted by Gasteiger charge is 2.27. The number of quaternary nitrogens is 1. The zero-order valence-corrected chi connectivity index (χ0v) is 43.1. The smallest absolute Gasteiger partial charge is 0.387 e. The molecular weight excluding hydrogens is 816 g/mol. The van der Waals surface area contributed by atoms with Gasteiger partial charge in [0, 0.05) is 6.42 Å². The number of hydrogen-bond acceptors (Lipinski definition) is 5. The molecule has 0 aliphatic rings. The van der Waals surface area contributed by atoms with E-state index in [-0.39, 0.29) is 19.1 Å². The van der Waals surface area contributed by atoms with Gasteiger partial charge in [0.1, 0.15) is 13.2 Å². The van der Waals surface area contributed by atoms with E-state index in [1.54, 1.807) is 6.08 Å². The van der Waals surface area contributed by atoms with Gasteiger partial charge in [-0.25, -0.2) is 4.57 Å². The van der Waals surface area contributed by atoms with E-state index >= 15 is 0 Å². The number of carbonyl (C=O) groups excluding carboxylic acids is 1. The summed E-state index contributed by atoms with van der Waals surface area (Å²) >= 11 is 0. The second-order valence-electron chi connectivity index (χ2n) is 18.9. The molecule has 64 heavy (non-hydrogen) atoms. The highest BCUT2D eigenvalue weighted by Crippen LogP contribution is 2.43. The second kappa shape index (κ2) is 46.1. The number of rotatable bonds is 47. The first-order valence-corrected chi connectivity index (χ1v) is 27.8. The van der Waals surface area contributed by atoms with E-state index in [1.807, 2.05) is 27.2 Å². The molecule has 372 valence electrons. The molecule has 0 bridgehead atoms. The lowest BCUT2D eigenvalue weighted by molar-refractivity contribution is -0.870. The van der Waals surface area contributed by atoms with E-state index in [9.17, 15) is 19.4 Å². The molecule has 0 aliphatic heterocycles. The van der Waals surface area contributed by atoms with E-state index in [0.717, 1.165) is 57.8 Å². The number of hydrogen-bond donors (Lipinski definition) is 3. The summed E-state index contributed by atoms with van der Waals surface area (Å²) in [5.41, 5.74) is 0. The van der Waals surface area contributed by atoms with Gasteiger partial charge in [0.15, 0.2) is 0 Å². The van der Waals surface area contributed by atoms with Crippen molar-refractivity contribution in [1.82, 2.24) is 5.32 Å². The van der Waals surface area contributed by atoms with Crippen molar-refractivity contribution in [2.24, 2.45) is 0 Å². The van der Waals surface area contributed by atoms with Gasteiger partial charge in [0.05, 0.1) is 39.9 Å². The Morgan fingerprint density at radius 1 is 0.531 bits per heavy atom. The summed E-state index contributed by atoms with van der Waals surface area (Å²) in [4.78, 5) is 23.2. The van der Waals surface area contributed by atoms with Gasteiger partial charge in [0.25, 0.3) is 0 Å². The number of phosphoric ester groups is 1. The Labute approximate surface area is 395 Å². The van der Waals surface area contributed by atoms with Crippen LogP contribution in [-0.2, 0) is 18.4 Å². The number of likely N-dealkylation sites (N-methyl/N-ethyl adjacent to an activating group) is 1. The third kappa shape index (κ3) is 47.9. The first-order chi connectivity index (χ1) is 31.0. The summed E-state index contributed by atoms with van der Waals surface area (Å²) < 4.78 is 23.6. The summed E-state index contributed by atoms with van der Waals surface area (Å²) in [6.45, 7) is 4.76. The van der Waals surface area contributed by atoms with Crippen LogP contribution in [-0.4, -0.2) is 73.4 Å². The van der Waals surface area contributed by atoms with Crippen LogP contribution in [0.1, 0.15) is 219 Å². The SMILES string of the molecule is CCCCCCC/C=C\C/C=C\C/C=C\CCCCCCCCCCCCC(=O)NC(COP(=O)(O)OCC[N+](C)(C)C)C(O)/C=C/CC/C=C/CC/C=C/CCCCCCCCC. The van der Waals surface area contributed by atoms with Crippen molar-refractivity contribution in [2.45, 2.75) is 231 Å². The predicted molar refractivity (Wildman–Crippen MR) is 276 cm³/mol. The number of nitrogens with zero attached hydrogens (tertiary/aromatic N) is 1. The minimum Gasteiger partial charge on any atom is -0.387 e. The number of aliphatic hydroxyl groups is 1. The van der Waals surface area contributed by atoms with Gasteiger partial charge in [-0.15, -0.1) is 0 Å². The number of unbranched alkanes of at least 4 members (excludes halogenated alkanes) is 24. The molecule has 3 N–H and O–H groups in total. The summed E-state index contributed by atoms with van der Waals surface area (Å²) in [5, 5.41) is 13.9. The molecular formula is C55H102N2O6P+. The van der Waals surface area contributed by atoms with Crippen LogP contribution in [0.4, 0.5) is 0 Å². The maximum Gasteiger partial charge on any atom is 0.472 e. The van der Waals surface area contributed by atoms with Crippen molar-refractivity contribution >= 4 is 13.7 Å². The average molecular weight is 918 g/mol. The molecule has 0 saturated carbocycles. The first kappa shape index (κ1) is 61.9. The topological polar surface area (TPSA) is 105 Å². The molecule has 0 aromatic heterocycles. The Morgan fingerprint density at radius 2 is 0.906 bits per heavy atom. The Balaban J connectivity index is 4.34. The molecule has 3 unspecified atom stereocenters. The van der Waals surface area contributed by atoms with E-state index in [0.29, 0.717) is 17.4 Å². The van der Waals surface area contributed by atoms with Gasteiger partial charge in [-0.3, -0.25) is 13.8 Å². The fraction of sp³-hybridized carbons (Fsp3) is 0.764. The van der Waals surface area contributed by atoms with Crippen molar-refractivity contribution in [3.8, 4) is 0 Å². The van der Waals surface area contributed by atoms with Crippen molar-refractivity contribution in [3.05, 3.63) is 72.9 Å². The van der Waals surface area contributed by atoms with Crippen LogP contribution in [0.2, 0.25) is 0 Å². The Hall–Kier alpha value is -2.06. The van der Waals surface area contributed by atoms with Crippen molar-refractivity contribution < 1.29 is 32.9 Å². The van der Waals surface area contributed by atoms with Crippen LogP contribution < -0.4 is 5.32 Å². The quantitative estimate of drug-likeness (QED) is 0.0243.